The summed E-state index contributed by atoms with van der Waals surface area (Å²) >= 11 is 0. The summed E-state index contributed by atoms with van der Waals surface area (Å²) in [5.41, 5.74) is 0.0384. The molecule has 0 saturated carbocycles. The molecule has 0 bridgehead atoms. The lowest BCUT2D eigenvalue weighted by Crippen LogP contribution is -2.52. The molecule has 1 atom stereocenters. The van der Waals surface area contributed by atoms with Gasteiger partial charge < -0.3 is 15.0 Å². The predicted molar refractivity (Wildman–Crippen MR) is 96.2 cm³/mol. The number of imide groups is 1. The predicted octanol–water partition coefficient (Wildman–Crippen LogP) is 1.11. The molecule has 148 valence electrons. The molecule has 0 aromatic heterocycles. The Morgan fingerprint density at radius 3 is 2.57 bits per heavy atom. The van der Waals surface area contributed by atoms with Crippen molar-refractivity contribution in [3.05, 3.63) is 34.9 Å². The van der Waals surface area contributed by atoms with Crippen LogP contribution in [0.25, 0.3) is 0 Å². The van der Waals surface area contributed by atoms with Gasteiger partial charge in [0.15, 0.2) is 0 Å². The van der Waals surface area contributed by atoms with E-state index >= 15 is 0 Å². The van der Waals surface area contributed by atoms with E-state index in [0.29, 0.717) is 5.56 Å². The molecule has 1 unspecified atom stereocenters. The first-order chi connectivity index (χ1) is 13.1. The number of carbonyl (C=O) groups is 5. The Morgan fingerprint density at radius 2 is 1.93 bits per heavy atom. The highest BCUT2D eigenvalue weighted by molar-refractivity contribution is 6.11. The average molecular weight is 387 g/mol. The highest BCUT2D eigenvalue weighted by atomic mass is 16.6. The van der Waals surface area contributed by atoms with Crippen LogP contribution >= 0.6 is 0 Å². The minimum absolute atomic E-state index is 0.0404. The lowest BCUT2D eigenvalue weighted by atomic mass is 10.0. The van der Waals surface area contributed by atoms with Gasteiger partial charge in [-0.25, -0.2) is 9.59 Å². The summed E-state index contributed by atoms with van der Waals surface area (Å²) in [6.07, 6.45) is -0.557. The summed E-state index contributed by atoms with van der Waals surface area (Å²) in [5.74, 6) is -2.36. The van der Waals surface area contributed by atoms with Crippen LogP contribution in [0.1, 0.15) is 59.9 Å². The van der Waals surface area contributed by atoms with Gasteiger partial charge in [0, 0.05) is 18.5 Å². The number of amides is 4. The minimum Gasteiger partial charge on any atom is -0.373 e. The third-order valence-electron chi connectivity index (χ3n) is 4.43. The van der Waals surface area contributed by atoms with Crippen molar-refractivity contribution in [2.45, 2.75) is 51.7 Å². The molecule has 3 rings (SSSR count). The Labute approximate surface area is 161 Å². The molecule has 28 heavy (non-hydrogen) atoms. The van der Waals surface area contributed by atoms with Crippen LogP contribution in [-0.2, 0) is 20.9 Å². The quantitative estimate of drug-likeness (QED) is 0.445. The number of benzene rings is 1. The van der Waals surface area contributed by atoms with Gasteiger partial charge in [0.25, 0.3) is 5.91 Å². The fourth-order valence-corrected chi connectivity index (χ4v) is 3.26. The van der Waals surface area contributed by atoms with E-state index in [1.165, 1.54) is 11.0 Å². The Balaban J connectivity index is 1.81. The third kappa shape index (κ3) is 3.88. The number of alkyl carbamates (subject to hydrolysis) is 1. The van der Waals surface area contributed by atoms with Crippen LogP contribution in [0, 0.1) is 0 Å². The molecule has 0 spiro atoms. The van der Waals surface area contributed by atoms with Gasteiger partial charge >= 0.3 is 12.1 Å². The minimum atomic E-state index is -0.947. The van der Waals surface area contributed by atoms with Gasteiger partial charge in [0.1, 0.15) is 6.04 Å². The number of fused-ring (bicyclic) bond motifs is 1. The number of piperidine rings is 1. The molecule has 4 amide bonds. The van der Waals surface area contributed by atoms with Crippen molar-refractivity contribution in [3.8, 4) is 0 Å². The van der Waals surface area contributed by atoms with Gasteiger partial charge in [-0.05, 0) is 38.8 Å². The number of nitrogens with zero attached hydrogens (tertiary/aromatic N) is 1. The van der Waals surface area contributed by atoms with Crippen LogP contribution in [0.2, 0.25) is 0 Å². The first-order valence-electron chi connectivity index (χ1n) is 8.87. The van der Waals surface area contributed by atoms with E-state index in [1.807, 2.05) is 0 Å². The fraction of sp³-hybridized carbons (Fsp3) is 0.421. The molecular weight excluding hydrogens is 366 g/mol. The van der Waals surface area contributed by atoms with Crippen LogP contribution in [0.15, 0.2) is 18.2 Å². The molecular formula is C19H21N3O6. The Morgan fingerprint density at radius 1 is 1.21 bits per heavy atom. The molecule has 1 aromatic rings. The second-order valence-electron chi connectivity index (χ2n) is 7.79. The van der Waals surface area contributed by atoms with Crippen molar-refractivity contribution >= 4 is 29.8 Å². The van der Waals surface area contributed by atoms with Crippen molar-refractivity contribution in [1.82, 2.24) is 15.5 Å². The molecule has 1 saturated heterocycles. The van der Waals surface area contributed by atoms with Crippen molar-refractivity contribution in [2.24, 2.45) is 0 Å². The number of rotatable bonds is 2. The maximum atomic E-state index is 12.9. The van der Waals surface area contributed by atoms with E-state index in [4.69, 9.17) is 4.74 Å². The van der Waals surface area contributed by atoms with Crippen LogP contribution in [0.4, 0.5) is 4.79 Å². The Kier molecular flexibility index (Phi) is 4.93. The van der Waals surface area contributed by atoms with E-state index in [1.54, 1.807) is 32.9 Å². The second-order valence-corrected chi connectivity index (χ2v) is 7.79. The van der Waals surface area contributed by atoms with E-state index in [-0.39, 0.29) is 36.4 Å². The van der Waals surface area contributed by atoms with Gasteiger partial charge in [-0.15, -0.1) is 0 Å². The van der Waals surface area contributed by atoms with Crippen LogP contribution in [0.5, 0.6) is 0 Å². The zero-order valence-electron chi connectivity index (χ0n) is 15.8. The number of hydrogen-bond donors (Lipinski definition) is 2. The molecule has 9 heteroatoms. The van der Waals surface area contributed by atoms with Crippen LogP contribution < -0.4 is 10.6 Å². The van der Waals surface area contributed by atoms with Crippen molar-refractivity contribution in [2.75, 3.05) is 0 Å². The molecule has 2 aliphatic heterocycles. The average Bonchev–Trinajstić information content (AvgIpc) is 2.90. The largest absolute Gasteiger partial charge is 0.415 e. The normalized spacial score (nSPS) is 19.2. The summed E-state index contributed by atoms with van der Waals surface area (Å²) in [4.78, 5) is 62.0. The Bertz CT molecular complexity index is 886. The summed E-state index contributed by atoms with van der Waals surface area (Å²) in [6.45, 7) is 5.34. The van der Waals surface area contributed by atoms with Gasteiger partial charge in [0.05, 0.1) is 11.1 Å². The maximum absolute atomic E-state index is 12.9. The van der Waals surface area contributed by atoms with E-state index in [0.717, 1.165) is 0 Å². The van der Waals surface area contributed by atoms with Gasteiger partial charge in [-0.1, -0.05) is 12.1 Å². The highest BCUT2D eigenvalue weighted by Gasteiger charge is 2.41. The fourth-order valence-electron chi connectivity index (χ4n) is 3.26. The van der Waals surface area contributed by atoms with Crippen molar-refractivity contribution in [3.63, 3.8) is 0 Å². The molecule has 1 aromatic carbocycles. The highest BCUT2D eigenvalue weighted by Crippen LogP contribution is 2.30. The SMILES string of the molecule is CC(C)(C)NC(=O)OC(=O)c1cccc2c1C(=O)N(C1CCC(=O)NC1=O)C2. The number of esters is 1. The standard InChI is InChI=1S/C19H21N3O6/c1-19(2,3)21-18(27)28-17(26)11-6-4-5-10-9-22(16(25)14(10)11)12-7-8-13(23)20-15(12)24/h4-6,12H,7-9H2,1-3H3,(H,21,27)(H,20,23,24). The third-order valence-corrected chi connectivity index (χ3v) is 4.43. The Hall–Kier alpha value is -3.23. The topological polar surface area (TPSA) is 122 Å². The summed E-state index contributed by atoms with van der Waals surface area (Å²) < 4.78 is 4.82. The zero-order chi connectivity index (χ0) is 20.6. The van der Waals surface area contributed by atoms with Crippen LogP contribution in [0.3, 0.4) is 0 Å². The van der Waals surface area contributed by atoms with E-state index in [9.17, 15) is 24.0 Å². The summed E-state index contributed by atoms with van der Waals surface area (Å²) in [6, 6.07) is 3.87. The molecule has 9 nitrogen and oxygen atoms in total. The number of nitrogens with one attached hydrogen (secondary N) is 2. The molecule has 2 heterocycles. The van der Waals surface area contributed by atoms with Gasteiger partial charge in [0.2, 0.25) is 11.8 Å². The summed E-state index contributed by atoms with van der Waals surface area (Å²) in [7, 11) is 0. The number of ether oxygens (including phenoxy) is 1. The zero-order valence-corrected chi connectivity index (χ0v) is 15.8. The lowest BCUT2D eigenvalue weighted by Gasteiger charge is -2.29. The molecule has 0 aliphatic carbocycles. The van der Waals surface area contributed by atoms with Crippen molar-refractivity contribution < 1.29 is 28.7 Å². The second kappa shape index (κ2) is 7.06. The smallest absolute Gasteiger partial charge is 0.373 e. The van der Waals surface area contributed by atoms with Crippen LogP contribution in [-0.4, -0.2) is 46.3 Å². The monoisotopic (exact) mass is 387 g/mol. The molecule has 1 fully saturated rings. The van der Waals surface area contributed by atoms with Gasteiger partial charge in [-0.2, -0.15) is 0 Å². The number of carbonyl (C=O) groups excluding carboxylic acids is 5. The molecule has 2 aliphatic rings. The molecule has 0 radical (unpaired) electrons. The first kappa shape index (κ1) is 19.5. The van der Waals surface area contributed by atoms with E-state index < -0.39 is 35.5 Å². The number of hydrogen-bond acceptors (Lipinski definition) is 6. The van der Waals surface area contributed by atoms with E-state index in [2.05, 4.69) is 10.6 Å². The first-order valence-corrected chi connectivity index (χ1v) is 8.87. The van der Waals surface area contributed by atoms with Gasteiger partial charge in [-0.3, -0.25) is 19.7 Å². The maximum Gasteiger partial charge on any atom is 0.415 e. The molecule has 2 N–H and O–H groups in total. The summed E-state index contributed by atoms with van der Waals surface area (Å²) in [5, 5.41) is 4.73. The lowest BCUT2D eigenvalue weighted by molar-refractivity contribution is -0.136. The van der Waals surface area contributed by atoms with Crippen molar-refractivity contribution in [1.29, 1.82) is 0 Å².